The number of nitrogens with one attached hydrogen (secondary N) is 1. The lowest BCUT2D eigenvalue weighted by Crippen LogP contribution is -2.22. The molecule has 30 heavy (non-hydrogen) atoms. The molecule has 1 N–H and O–H groups in total. The molecule has 5 nitrogen and oxygen atoms in total. The Kier molecular flexibility index (Phi) is 7.54. The van der Waals surface area contributed by atoms with Gasteiger partial charge in [0.2, 0.25) is 0 Å². The van der Waals surface area contributed by atoms with Crippen LogP contribution in [0.5, 0.6) is 5.75 Å². The molecule has 3 aromatic rings. The predicted molar refractivity (Wildman–Crippen MR) is 118 cm³/mol. The number of aryl methyl sites for hydroxylation is 1. The van der Waals surface area contributed by atoms with Crippen LogP contribution in [0.4, 0.5) is 4.39 Å². The van der Waals surface area contributed by atoms with Crippen molar-refractivity contribution in [2.45, 2.75) is 19.9 Å². The summed E-state index contributed by atoms with van der Waals surface area (Å²) in [4.78, 5) is 19.8. The zero-order valence-corrected chi connectivity index (χ0v) is 18.3. The van der Waals surface area contributed by atoms with E-state index in [-0.39, 0.29) is 11.7 Å². The van der Waals surface area contributed by atoms with E-state index in [0.717, 1.165) is 28.4 Å². The van der Waals surface area contributed by atoms with Gasteiger partial charge in [-0.25, -0.2) is 9.37 Å². The maximum atomic E-state index is 13.1. The summed E-state index contributed by atoms with van der Waals surface area (Å²) in [5, 5.41) is 3.79. The van der Waals surface area contributed by atoms with Gasteiger partial charge in [-0.05, 0) is 56.4 Å². The highest BCUT2D eigenvalue weighted by molar-refractivity contribution is 7.13. The van der Waals surface area contributed by atoms with Crippen molar-refractivity contribution in [2.24, 2.45) is 0 Å². The van der Waals surface area contributed by atoms with Crippen molar-refractivity contribution in [1.29, 1.82) is 0 Å². The van der Waals surface area contributed by atoms with Crippen LogP contribution in [0.25, 0.3) is 0 Å². The monoisotopic (exact) mass is 427 g/mol. The number of hydrogen-bond acceptors (Lipinski definition) is 5. The Bertz CT molecular complexity index is 969. The number of halogens is 1. The third-order valence-electron chi connectivity index (χ3n) is 4.50. The molecule has 0 aliphatic heterocycles. The lowest BCUT2D eigenvalue weighted by molar-refractivity contribution is 0.0954. The molecule has 0 radical (unpaired) electrons. The van der Waals surface area contributed by atoms with E-state index in [0.29, 0.717) is 30.1 Å². The predicted octanol–water partition coefficient (Wildman–Crippen LogP) is 4.05. The van der Waals surface area contributed by atoms with E-state index in [1.807, 2.05) is 45.3 Å². The second kappa shape index (κ2) is 10.3. The van der Waals surface area contributed by atoms with Crippen LogP contribution in [0.2, 0.25) is 0 Å². The van der Waals surface area contributed by atoms with E-state index >= 15 is 0 Å². The number of thiazole rings is 1. The Morgan fingerprint density at radius 2 is 1.77 bits per heavy atom. The molecule has 1 aromatic heterocycles. The van der Waals surface area contributed by atoms with Gasteiger partial charge in [0.05, 0.1) is 10.7 Å². The van der Waals surface area contributed by atoms with Crippen molar-refractivity contribution >= 4 is 17.2 Å². The van der Waals surface area contributed by atoms with Crippen molar-refractivity contribution in [3.63, 3.8) is 0 Å². The molecule has 0 saturated carbocycles. The lowest BCUT2D eigenvalue weighted by Gasteiger charge is -2.11. The van der Waals surface area contributed by atoms with Crippen LogP contribution in [0.15, 0.2) is 48.5 Å². The molecule has 0 bridgehead atoms. The summed E-state index contributed by atoms with van der Waals surface area (Å²) in [6.45, 7) is 3.75. The number of carbonyl (C=O) groups excluding carboxylic acids is 1. The van der Waals surface area contributed by atoms with Gasteiger partial charge in [-0.15, -0.1) is 11.3 Å². The van der Waals surface area contributed by atoms with Crippen molar-refractivity contribution in [3.8, 4) is 5.75 Å². The second-order valence-corrected chi connectivity index (χ2v) is 8.39. The molecular formula is C23H26FN3O2S. The van der Waals surface area contributed by atoms with Crippen LogP contribution in [-0.4, -0.2) is 43.0 Å². The summed E-state index contributed by atoms with van der Waals surface area (Å²) < 4.78 is 18.7. The van der Waals surface area contributed by atoms with Crippen LogP contribution < -0.4 is 10.1 Å². The molecule has 0 saturated heterocycles. The van der Waals surface area contributed by atoms with Gasteiger partial charge in [-0.3, -0.25) is 4.79 Å². The number of carbonyl (C=O) groups is 1. The second-order valence-electron chi connectivity index (χ2n) is 7.30. The lowest BCUT2D eigenvalue weighted by atomic mass is 10.1. The Hall–Kier alpha value is -2.77. The van der Waals surface area contributed by atoms with E-state index in [9.17, 15) is 9.18 Å². The Morgan fingerprint density at radius 1 is 1.10 bits per heavy atom. The molecule has 0 fully saturated rings. The highest BCUT2D eigenvalue weighted by Gasteiger charge is 2.15. The highest BCUT2D eigenvalue weighted by atomic mass is 32.1. The standard InChI is InChI=1S/C23H26FN3O2S/c1-16-22(30-21(26-16)14-17-4-8-19(24)9-5-17)23(28)25-15-18-6-10-20(11-7-18)29-13-12-27(2)3/h4-11H,12-15H2,1-3H3,(H,25,28). The number of aromatic nitrogens is 1. The smallest absolute Gasteiger partial charge is 0.263 e. The minimum Gasteiger partial charge on any atom is -0.492 e. The Labute approximate surface area is 180 Å². The fourth-order valence-corrected chi connectivity index (χ4v) is 3.84. The number of ether oxygens (including phenoxy) is 1. The fraction of sp³-hybridized carbons (Fsp3) is 0.304. The summed E-state index contributed by atoms with van der Waals surface area (Å²) in [5.41, 5.74) is 2.67. The Balaban J connectivity index is 1.53. The van der Waals surface area contributed by atoms with Crippen LogP contribution in [-0.2, 0) is 13.0 Å². The first-order valence-corrected chi connectivity index (χ1v) is 10.6. The van der Waals surface area contributed by atoms with Crippen LogP contribution >= 0.6 is 11.3 Å². The summed E-state index contributed by atoms with van der Waals surface area (Å²) in [7, 11) is 4.01. The average Bonchev–Trinajstić information content (AvgIpc) is 3.09. The minimum atomic E-state index is -0.262. The summed E-state index contributed by atoms with van der Waals surface area (Å²) >= 11 is 1.37. The third kappa shape index (κ3) is 6.37. The van der Waals surface area contributed by atoms with Gasteiger partial charge >= 0.3 is 0 Å². The fourth-order valence-electron chi connectivity index (χ4n) is 2.83. The topological polar surface area (TPSA) is 54.5 Å². The largest absolute Gasteiger partial charge is 0.492 e. The number of nitrogens with zero attached hydrogens (tertiary/aromatic N) is 2. The molecule has 3 rings (SSSR count). The van der Waals surface area contributed by atoms with Gasteiger partial charge in [0.15, 0.2) is 0 Å². The number of hydrogen-bond donors (Lipinski definition) is 1. The first-order chi connectivity index (χ1) is 14.4. The molecule has 7 heteroatoms. The number of likely N-dealkylation sites (N-methyl/N-ethyl adjacent to an activating group) is 1. The van der Waals surface area contributed by atoms with Gasteiger partial charge in [0.25, 0.3) is 5.91 Å². The van der Waals surface area contributed by atoms with Crippen molar-refractivity contribution in [3.05, 3.63) is 81.1 Å². The molecular weight excluding hydrogens is 401 g/mol. The summed E-state index contributed by atoms with van der Waals surface area (Å²) in [6.07, 6.45) is 0.578. The van der Waals surface area contributed by atoms with E-state index < -0.39 is 0 Å². The average molecular weight is 428 g/mol. The molecule has 1 heterocycles. The zero-order chi connectivity index (χ0) is 21.5. The van der Waals surface area contributed by atoms with Gasteiger partial charge in [-0.1, -0.05) is 24.3 Å². The Morgan fingerprint density at radius 3 is 2.43 bits per heavy atom. The third-order valence-corrected chi connectivity index (χ3v) is 5.66. The maximum absolute atomic E-state index is 13.1. The molecule has 0 atom stereocenters. The molecule has 0 aliphatic rings. The van der Waals surface area contributed by atoms with Gasteiger partial charge in [0, 0.05) is 19.5 Å². The quantitative estimate of drug-likeness (QED) is 0.560. The van der Waals surface area contributed by atoms with Crippen molar-refractivity contribution < 1.29 is 13.9 Å². The van der Waals surface area contributed by atoms with E-state index in [1.165, 1.54) is 23.5 Å². The summed E-state index contributed by atoms with van der Waals surface area (Å²) in [5.74, 6) is 0.416. The first kappa shape index (κ1) is 21.9. The molecule has 0 aliphatic carbocycles. The molecule has 1 amide bonds. The maximum Gasteiger partial charge on any atom is 0.263 e. The van der Waals surface area contributed by atoms with Crippen LogP contribution in [0.3, 0.4) is 0 Å². The van der Waals surface area contributed by atoms with Gasteiger partial charge in [-0.2, -0.15) is 0 Å². The number of rotatable bonds is 9. The van der Waals surface area contributed by atoms with Gasteiger partial charge < -0.3 is 15.0 Å². The van der Waals surface area contributed by atoms with E-state index in [4.69, 9.17) is 4.74 Å². The first-order valence-electron chi connectivity index (χ1n) is 9.76. The van der Waals surface area contributed by atoms with Crippen LogP contribution in [0.1, 0.15) is 31.5 Å². The zero-order valence-electron chi connectivity index (χ0n) is 17.4. The molecule has 158 valence electrons. The van der Waals surface area contributed by atoms with Crippen molar-refractivity contribution in [2.75, 3.05) is 27.2 Å². The van der Waals surface area contributed by atoms with Gasteiger partial charge in [0.1, 0.15) is 23.1 Å². The summed E-state index contributed by atoms with van der Waals surface area (Å²) in [6, 6.07) is 14.1. The van der Waals surface area contributed by atoms with E-state index in [2.05, 4.69) is 15.2 Å². The van der Waals surface area contributed by atoms with Crippen LogP contribution in [0, 0.1) is 12.7 Å². The van der Waals surface area contributed by atoms with Crippen molar-refractivity contribution in [1.82, 2.24) is 15.2 Å². The molecule has 0 spiro atoms. The molecule has 0 unspecified atom stereocenters. The SMILES string of the molecule is Cc1nc(Cc2ccc(F)cc2)sc1C(=O)NCc1ccc(OCCN(C)C)cc1. The number of amides is 1. The van der Waals surface area contributed by atoms with E-state index in [1.54, 1.807) is 12.1 Å². The minimum absolute atomic E-state index is 0.137. The number of benzene rings is 2. The molecule has 2 aromatic carbocycles. The highest BCUT2D eigenvalue weighted by Crippen LogP contribution is 2.21. The normalized spacial score (nSPS) is 11.0.